The van der Waals surface area contributed by atoms with Crippen LogP contribution in [0.1, 0.15) is 41.6 Å². The molecular formula is C16H22N2O. The molecule has 19 heavy (non-hydrogen) atoms. The van der Waals surface area contributed by atoms with Crippen LogP contribution in [0.4, 0.5) is 0 Å². The van der Waals surface area contributed by atoms with Gasteiger partial charge < -0.3 is 5.73 Å². The third-order valence-electron chi connectivity index (χ3n) is 3.83. The van der Waals surface area contributed by atoms with E-state index < -0.39 is 0 Å². The number of benzene rings is 1. The lowest BCUT2D eigenvalue weighted by atomic mass is 10.1. The molecule has 1 amide bonds. The molecule has 0 unspecified atom stereocenters. The molecule has 0 spiro atoms. The van der Waals surface area contributed by atoms with Crippen LogP contribution in [0.5, 0.6) is 0 Å². The zero-order chi connectivity index (χ0) is 13.7. The number of primary amides is 1. The Hall–Kier alpha value is -1.61. The predicted octanol–water partition coefficient (Wildman–Crippen LogP) is 2.72. The van der Waals surface area contributed by atoms with Crippen molar-refractivity contribution in [2.75, 3.05) is 6.54 Å². The molecule has 1 fully saturated rings. The molecule has 2 rings (SSSR count). The predicted molar refractivity (Wildman–Crippen MR) is 77.8 cm³/mol. The lowest BCUT2D eigenvalue weighted by Crippen LogP contribution is -2.32. The zero-order valence-electron chi connectivity index (χ0n) is 11.3. The van der Waals surface area contributed by atoms with Crippen LogP contribution in [0.25, 0.3) is 0 Å². The fourth-order valence-corrected chi connectivity index (χ4v) is 2.79. The van der Waals surface area contributed by atoms with Crippen molar-refractivity contribution in [2.24, 2.45) is 5.73 Å². The van der Waals surface area contributed by atoms with E-state index in [4.69, 9.17) is 5.73 Å². The van der Waals surface area contributed by atoms with Gasteiger partial charge in [-0.25, -0.2) is 0 Å². The van der Waals surface area contributed by atoms with E-state index in [-0.39, 0.29) is 5.91 Å². The normalized spacial score (nSPS) is 15.8. The summed E-state index contributed by atoms with van der Waals surface area (Å²) in [5.41, 5.74) is 7.04. The van der Waals surface area contributed by atoms with Gasteiger partial charge in [-0.05, 0) is 30.5 Å². The molecule has 0 radical (unpaired) electrons. The summed E-state index contributed by atoms with van der Waals surface area (Å²) >= 11 is 0. The fourth-order valence-electron chi connectivity index (χ4n) is 2.79. The Bertz CT molecular complexity index is 433. The number of hydrogen-bond acceptors (Lipinski definition) is 2. The number of carbonyl (C=O) groups is 1. The molecule has 0 aliphatic heterocycles. The van der Waals surface area contributed by atoms with E-state index in [1.54, 1.807) is 12.1 Å². The first-order chi connectivity index (χ1) is 9.20. The van der Waals surface area contributed by atoms with Gasteiger partial charge in [-0.2, -0.15) is 0 Å². The summed E-state index contributed by atoms with van der Waals surface area (Å²) in [4.78, 5) is 13.5. The van der Waals surface area contributed by atoms with E-state index in [0.717, 1.165) is 13.1 Å². The standard InChI is InChI=1S/C16H22N2O/c1-2-11-18(15-5-3-4-6-15)12-13-7-9-14(10-8-13)16(17)19/h2,7-10,15H,1,3-6,11-12H2,(H2,17,19). The van der Waals surface area contributed by atoms with Gasteiger partial charge in [0.1, 0.15) is 0 Å². The molecule has 0 heterocycles. The maximum Gasteiger partial charge on any atom is 0.248 e. The molecule has 1 aliphatic rings. The largest absolute Gasteiger partial charge is 0.366 e. The maximum atomic E-state index is 11.0. The van der Waals surface area contributed by atoms with E-state index >= 15 is 0 Å². The minimum Gasteiger partial charge on any atom is -0.366 e. The first-order valence-corrected chi connectivity index (χ1v) is 6.94. The van der Waals surface area contributed by atoms with Crippen molar-refractivity contribution >= 4 is 5.91 Å². The molecule has 1 saturated carbocycles. The topological polar surface area (TPSA) is 46.3 Å². The number of nitrogens with two attached hydrogens (primary N) is 1. The minimum atomic E-state index is -0.370. The average molecular weight is 258 g/mol. The van der Waals surface area contributed by atoms with Gasteiger partial charge in [-0.3, -0.25) is 9.69 Å². The van der Waals surface area contributed by atoms with Gasteiger partial charge in [0, 0.05) is 24.7 Å². The number of amides is 1. The number of hydrogen-bond donors (Lipinski definition) is 1. The number of nitrogens with zero attached hydrogens (tertiary/aromatic N) is 1. The summed E-state index contributed by atoms with van der Waals surface area (Å²) in [5.74, 6) is -0.370. The smallest absolute Gasteiger partial charge is 0.248 e. The van der Waals surface area contributed by atoms with Gasteiger partial charge >= 0.3 is 0 Å². The molecule has 102 valence electrons. The number of carbonyl (C=O) groups excluding carboxylic acids is 1. The molecule has 2 N–H and O–H groups in total. The van der Waals surface area contributed by atoms with Gasteiger partial charge in [-0.1, -0.05) is 31.1 Å². The first kappa shape index (κ1) is 13.8. The van der Waals surface area contributed by atoms with E-state index in [9.17, 15) is 4.79 Å². The van der Waals surface area contributed by atoms with Crippen molar-refractivity contribution < 1.29 is 4.79 Å². The van der Waals surface area contributed by atoms with Crippen LogP contribution in [0.3, 0.4) is 0 Å². The lowest BCUT2D eigenvalue weighted by Gasteiger charge is -2.27. The summed E-state index contributed by atoms with van der Waals surface area (Å²) in [6.07, 6.45) is 7.20. The third kappa shape index (κ3) is 3.67. The molecule has 1 aromatic rings. The quantitative estimate of drug-likeness (QED) is 0.797. The van der Waals surface area contributed by atoms with Crippen LogP contribution in [-0.4, -0.2) is 23.4 Å². The Kier molecular flexibility index (Phi) is 4.74. The van der Waals surface area contributed by atoms with E-state index in [1.165, 1.54) is 31.2 Å². The monoisotopic (exact) mass is 258 g/mol. The second kappa shape index (κ2) is 6.53. The zero-order valence-corrected chi connectivity index (χ0v) is 11.3. The molecule has 3 heteroatoms. The second-order valence-electron chi connectivity index (χ2n) is 5.22. The minimum absolute atomic E-state index is 0.370. The molecule has 1 aromatic carbocycles. The lowest BCUT2D eigenvalue weighted by molar-refractivity contribution is 0.100. The Balaban J connectivity index is 2.03. The van der Waals surface area contributed by atoms with Crippen LogP contribution in [-0.2, 0) is 6.54 Å². The Morgan fingerprint density at radius 2 is 1.95 bits per heavy atom. The summed E-state index contributed by atoms with van der Waals surface area (Å²) in [6.45, 7) is 5.68. The highest BCUT2D eigenvalue weighted by molar-refractivity contribution is 5.92. The van der Waals surface area contributed by atoms with Crippen LogP contribution in [0.15, 0.2) is 36.9 Å². The second-order valence-corrected chi connectivity index (χ2v) is 5.22. The molecule has 0 aromatic heterocycles. The van der Waals surface area contributed by atoms with E-state index in [1.807, 2.05) is 18.2 Å². The number of rotatable bonds is 6. The van der Waals surface area contributed by atoms with Crippen LogP contribution < -0.4 is 5.73 Å². The van der Waals surface area contributed by atoms with Crippen molar-refractivity contribution in [3.8, 4) is 0 Å². The summed E-state index contributed by atoms with van der Waals surface area (Å²) in [7, 11) is 0. The summed E-state index contributed by atoms with van der Waals surface area (Å²) in [5, 5.41) is 0. The van der Waals surface area contributed by atoms with Crippen molar-refractivity contribution in [1.29, 1.82) is 0 Å². The van der Waals surface area contributed by atoms with Gasteiger partial charge in [0.2, 0.25) is 5.91 Å². The molecular weight excluding hydrogens is 236 g/mol. The molecule has 1 aliphatic carbocycles. The highest BCUT2D eigenvalue weighted by atomic mass is 16.1. The van der Waals surface area contributed by atoms with Gasteiger partial charge in [0.05, 0.1) is 0 Å². The van der Waals surface area contributed by atoms with Crippen molar-refractivity contribution in [1.82, 2.24) is 4.90 Å². The Labute approximate surface area is 115 Å². The summed E-state index contributed by atoms with van der Waals surface area (Å²) < 4.78 is 0. The van der Waals surface area contributed by atoms with E-state index in [0.29, 0.717) is 11.6 Å². The van der Waals surface area contributed by atoms with Crippen LogP contribution in [0.2, 0.25) is 0 Å². The van der Waals surface area contributed by atoms with Crippen molar-refractivity contribution in [2.45, 2.75) is 38.3 Å². The Morgan fingerprint density at radius 3 is 2.47 bits per heavy atom. The third-order valence-corrected chi connectivity index (χ3v) is 3.83. The van der Waals surface area contributed by atoms with Crippen molar-refractivity contribution in [3.05, 3.63) is 48.0 Å². The van der Waals surface area contributed by atoms with Crippen LogP contribution in [0, 0.1) is 0 Å². The molecule has 0 atom stereocenters. The molecule has 0 saturated heterocycles. The van der Waals surface area contributed by atoms with E-state index in [2.05, 4.69) is 11.5 Å². The van der Waals surface area contributed by atoms with Gasteiger partial charge in [0.15, 0.2) is 0 Å². The first-order valence-electron chi connectivity index (χ1n) is 6.94. The van der Waals surface area contributed by atoms with Gasteiger partial charge in [-0.15, -0.1) is 6.58 Å². The van der Waals surface area contributed by atoms with Crippen LogP contribution >= 0.6 is 0 Å². The average Bonchev–Trinajstić information content (AvgIpc) is 2.92. The SMILES string of the molecule is C=CCN(Cc1ccc(C(N)=O)cc1)C1CCCC1. The molecule has 3 nitrogen and oxygen atoms in total. The van der Waals surface area contributed by atoms with Gasteiger partial charge in [0.25, 0.3) is 0 Å². The highest BCUT2D eigenvalue weighted by Gasteiger charge is 2.21. The fraction of sp³-hybridized carbons (Fsp3) is 0.438. The summed E-state index contributed by atoms with van der Waals surface area (Å²) in [6, 6.07) is 8.27. The maximum absolute atomic E-state index is 11.0. The van der Waals surface area contributed by atoms with Crippen molar-refractivity contribution in [3.63, 3.8) is 0 Å². The highest BCUT2D eigenvalue weighted by Crippen LogP contribution is 2.24. The Morgan fingerprint density at radius 1 is 1.32 bits per heavy atom. The molecule has 0 bridgehead atoms.